The van der Waals surface area contributed by atoms with Gasteiger partial charge in [-0.15, -0.1) is 0 Å². The van der Waals surface area contributed by atoms with Crippen molar-refractivity contribution < 1.29 is 4.79 Å². The number of benzene rings is 3. The molecule has 3 heteroatoms. The summed E-state index contributed by atoms with van der Waals surface area (Å²) in [5.74, 6) is 0.0208. The number of carbonyl (C=O) groups is 1. The van der Waals surface area contributed by atoms with E-state index in [-0.39, 0.29) is 5.91 Å². The standard InChI is InChI=1S/C20H16INO/c21-15-22(20(23)18-9-5-2-6-10-18)19-13-11-17(12-14-19)16-7-3-1-4-8-16/h1-14H,15H2. The molecule has 0 aliphatic carbocycles. The quantitative estimate of drug-likeness (QED) is 0.319. The fourth-order valence-corrected chi connectivity index (χ4v) is 3.15. The average Bonchev–Trinajstić information content (AvgIpc) is 2.64. The van der Waals surface area contributed by atoms with Crippen molar-refractivity contribution in [3.63, 3.8) is 0 Å². The van der Waals surface area contributed by atoms with Gasteiger partial charge in [0.2, 0.25) is 0 Å². The molecule has 0 aromatic heterocycles. The van der Waals surface area contributed by atoms with Crippen LogP contribution in [-0.2, 0) is 0 Å². The number of halogens is 1. The highest BCUT2D eigenvalue weighted by Crippen LogP contribution is 2.24. The molecule has 0 fully saturated rings. The molecule has 1 amide bonds. The van der Waals surface area contributed by atoms with E-state index >= 15 is 0 Å². The van der Waals surface area contributed by atoms with Crippen molar-refractivity contribution in [3.8, 4) is 11.1 Å². The fraction of sp³-hybridized carbons (Fsp3) is 0.0500. The number of alkyl halides is 1. The van der Waals surface area contributed by atoms with E-state index in [1.54, 1.807) is 4.90 Å². The van der Waals surface area contributed by atoms with Crippen LogP contribution in [0, 0.1) is 0 Å². The third-order valence-corrected chi connectivity index (χ3v) is 4.35. The summed E-state index contributed by atoms with van der Waals surface area (Å²) in [7, 11) is 0. The maximum absolute atomic E-state index is 12.7. The van der Waals surface area contributed by atoms with Gasteiger partial charge in [0.05, 0.1) is 4.55 Å². The van der Waals surface area contributed by atoms with E-state index in [1.807, 2.05) is 60.7 Å². The molecule has 0 radical (unpaired) electrons. The van der Waals surface area contributed by atoms with Gasteiger partial charge in [-0.3, -0.25) is 9.69 Å². The second-order valence-corrected chi connectivity index (χ2v) is 5.81. The van der Waals surface area contributed by atoms with Crippen molar-refractivity contribution in [2.24, 2.45) is 0 Å². The average molecular weight is 413 g/mol. The van der Waals surface area contributed by atoms with E-state index in [9.17, 15) is 4.79 Å². The Hall–Kier alpha value is -2.14. The summed E-state index contributed by atoms with van der Waals surface area (Å²) in [6, 6.07) is 27.7. The maximum Gasteiger partial charge on any atom is 0.258 e. The third kappa shape index (κ3) is 3.62. The lowest BCUT2D eigenvalue weighted by atomic mass is 10.1. The maximum atomic E-state index is 12.7. The Balaban J connectivity index is 1.86. The molecule has 3 rings (SSSR count). The number of rotatable bonds is 4. The van der Waals surface area contributed by atoms with Gasteiger partial charge in [-0.25, -0.2) is 0 Å². The highest BCUT2D eigenvalue weighted by Gasteiger charge is 2.16. The predicted octanol–water partition coefficient (Wildman–Crippen LogP) is 5.39. The van der Waals surface area contributed by atoms with Gasteiger partial charge in [-0.05, 0) is 35.4 Å². The SMILES string of the molecule is O=C(c1ccccc1)N(CI)c1ccc(-c2ccccc2)cc1. The van der Waals surface area contributed by atoms with Crippen LogP contribution >= 0.6 is 22.6 Å². The highest BCUT2D eigenvalue weighted by molar-refractivity contribution is 14.1. The first-order valence-corrected chi connectivity index (χ1v) is 8.90. The molecule has 2 nitrogen and oxygen atoms in total. The zero-order chi connectivity index (χ0) is 16.1. The van der Waals surface area contributed by atoms with Gasteiger partial charge in [0, 0.05) is 11.3 Å². The number of carbonyl (C=O) groups excluding carboxylic acids is 1. The van der Waals surface area contributed by atoms with E-state index in [0.29, 0.717) is 10.1 Å². The lowest BCUT2D eigenvalue weighted by molar-refractivity contribution is 0.0992. The van der Waals surface area contributed by atoms with E-state index in [2.05, 4.69) is 46.9 Å². The highest BCUT2D eigenvalue weighted by atomic mass is 127. The Labute approximate surface area is 149 Å². The summed E-state index contributed by atoms with van der Waals surface area (Å²) >= 11 is 2.22. The van der Waals surface area contributed by atoms with Crippen molar-refractivity contribution in [1.29, 1.82) is 0 Å². The van der Waals surface area contributed by atoms with Crippen LogP contribution in [0.1, 0.15) is 10.4 Å². The van der Waals surface area contributed by atoms with Gasteiger partial charge in [0.1, 0.15) is 0 Å². The summed E-state index contributed by atoms with van der Waals surface area (Å²) in [5.41, 5.74) is 3.94. The van der Waals surface area contributed by atoms with Gasteiger partial charge >= 0.3 is 0 Å². The van der Waals surface area contributed by atoms with Crippen LogP contribution in [0.4, 0.5) is 5.69 Å². The Morgan fingerprint density at radius 3 is 1.83 bits per heavy atom. The molecule has 3 aromatic rings. The van der Waals surface area contributed by atoms with Crippen LogP contribution < -0.4 is 4.90 Å². The normalized spacial score (nSPS) is 10.3. The predicted molar refractivity (Wildman–Crippen MR) is 104 cm³/mol. The summed E-state index contributed by atoms with van der Waals surface area (Å²) in [5, 5.41) is 0. The Bertz CT molecular complexity index is 770. The molecule has 3 aromatic carbocycles. The minimum atomic E-state index is 0.0208. The molecular weight excluding hydrogens is 397 g/mol. The number of anilines is 1. The van der Waals surface area contributed by atoms with Crippen LogP contribution in [0.25, 0.3) is 11.1 Å². The lowest BCUT2D eigenvalue weighted by Gasteiger charge is -2.20. The van der Waals surface area contributed by atoms with E-state index < -0.39 is 0 Å². The molecule has 0 saturated heterocycles. The second kappa shape index (κ2) is 7.42. The third-order valence-electron chi connectivity index (χ3n) is 3.67. The molecule has 0 atom stereocenters. The van der Waals surface area contributed by atoms with E-state index in [1.165, 1.54) is 5.56 Å². The summed E-state index contributed by atoms with van der Waals surface area (Å²) in [6.45, 7) is 0. The summed E-state index contributed by atoms with van der Waals surface area (Å²) in [4.78, 5) is 14.4. The number of hydrogen-bond donors (Lipinski definition) is 0. The van der Waals surface area contributed by atoms with Crippen LogP contribution in [0.2, 0.25) is 0 Å². The molecule has 23 heavy (non-hydrogen) atoms. The zero-order valence-corrected chi connectivity index (χ0v) is 14.7. The smallest absolute Gasteiger partial charge is 0.258 e. The largest absolute Gasteiger partial charge is 0.299 e. The fourth-order valence-electron chi connectivity index (χ4n) is 2.44. The Morgan fingerprint density at radius 2 is 1.26 bits per heavy atom. The van der Waals surface area contributed by atoms with Crippen molar-refractivity contribution in [3.05, 3.63) is 90.5 Å². The minimum absolute atomic E-state index is 0.0208. The van der Waals surface area contributed by atoms with Crippen molar-refractivity contribution in [2.45, 2.75) is 0 Å². The van der Waals surface area contributed by atoms with Crippen LogP contribution in [0.15, 0.2) is 84.9 Å². The van der Waals surface area contributed by atoms with Gasteiger partial charge in [0.25, 0.3) is 5.91 Å². The van der Waals surface area contributed by atoms with E-state index in [0.717, 1.165) is 11.3 Å². The van der Waals surface area contributed by atoms with Crippen LogP contribution in [0.3, 0.4) is 0 Å². The van der Waals surface area contributed by atoms with Crippen molar-refractivity contribution in [2.75, 3.05) is 9.45 Å². The number of amides is 1. The van der Waals surface area contributed by atoms with Gasteiger partial charge in [-0.2, -0.15) is 0 Å². The number of nitrogens with zero attached hydrogens (tertiary/aromatic N) is 1. The first-order valence-electron chi connectivity index (χ1n) is 7.38. The lowest BCUT2D eigenvalue weighted by Crippen LogP contribution is -2.29. The molecular formula is C20H16INO. The molecule has 114 valence electrons. The molecule has 0 unspecified atom stereocenters. The van der Waals surface area contributed by atoms with Crippen LogP contribution in [-0.4, -0.2) is 10.5 Å². The molecule has 0 aliphatic heterocycles. The molecule has 0 aliphatic rings. The zero-order valence-electron chi connectivity index (χ0n) is 12.5. The van der Waals surface area contributed by atoms with Gasteiger partial charge < -0.3 is 0 Å². The van der Waals surface area contributed by atoms with E-state index in [4.69, 9.17) is 0 Å². The first-order chi connectivity index (χ1) is 11.3. The van der Waals surface area contributed by atoms with Gasteiger partial charge in [-0.1, -0.05) is 83.3 Å². The molecule has 0 N–H and O–H groups in total. The Morgan fingerprint density at radius 1 is 0.739 bits per heavy atom. The second-order valence-electron chi connectivity index (χ2n) is 5.13. The summed E-state index contributed by atoms with van der Waals surface area (Å²) in [6.07, 6.45) is 0. The molecule has 0 spiro atoms. The molecule has 0 heterocycles. The minimum Gasteiger partial charge on any atom is -0.299 e. The monoisotopic (exact) mass is 413 g/mol. The number of hydrogen-bond acceptors (Lipinski definition) is 1. The topological polar surface area (TPSA) is 20.3 Å². The van der Waals surface area contributed by atoms with Gasteiger partial charge in [0.15, 0.2) is 0 Å². The van der Waals surface area contributed by atoms with Crippen LogP contribution in [0.5, 0.6) is 0 Å². The van der Waals surface area contributed by atoms with Crippen molar-refractivity contribution >= 4 is 34.2 Å². The molecule has 0 saturated carbocycles. The summed E-state index contributed by atoms with van der Waals surface area (Å²) < 4.78 is 0.607. The molecule has 0 bridgehead atoms. The van der Waals surface area contributed by atoms with Crippen molar-refractivity contribution in [1.82, 2.24) is 0 Å². The Kier molecular flexibility index (Phi) is 5.08. The first kappa shape index (κ1) is 15.7.